The number of aromatic nitrogens is 1. The Bertz CT molecular complexity index is 665. The van der Waals surface area contributed by atoms with Crippen molar-refractivity contribution in [3.63, 3.8) is 0 Å². The zero-order valence-corrected chi connectivity index (χ0v) is 11.6. The minimum atomic E-state index is -0.830. The number of carbonyl (C=O) groups excluding carboxylic acids is 1. The first-order chi connectivity index (χ1) is 10.0. The maximum Gasteiger partial charge on any atom is 0.308 e. The fraction of sp³-hybridized carbons (Fsp3) is 0.467. The highest BCUT2D eigenvalue weighted by Gasteiger charge is 2.51. The SMILES string of the molecule is Cc1nc(C(=O)N2C3CCC2C(C(=O)O)C3)ccc1C#N. The number of fused-ring (bicyclic) bond motifs is 2. The Morgan fingerprint density at radius 2 is 2.19 bits per heavy atom. The van der Waals surface area contributed by atoms with Crippen molar-refractivity contribution >= 4 is 11.9 Å². The van der Waals surface area contributed by atoms with Crippen molar-refractivity contribution in [2.24, 2.45) is 5.92 Å². The van der Waals surface area contributed by atoms with Gasteiger partial charge in [0.05, 0.1) is 17.2 Å². The molecule has 0 spiro atoms. The number of aliphatic carboxylic acids is 1. The lowest BCUT2D eigenvalue weighted by atomic mass is 9.89. The highest BCUT2D eigenvalue weighted by Crippen LogP contribution is 2.42. The van der Waals surface area contributed by atoms with Gasteiger partial charge in [-0.2, -0.15) is 5.26 Å². The van der Waals surface area contributed by atoms with Gasteiger partial charge in [0.1, 0.15) is 11.8 Å². The van der Waals surface area contributed by atoms with E-state index in [2.05, 4.69) is 4.98 Å². The van der Waals surface area contributed by atoms with Crippen LogP contribution in [0.1, 0.15) is 41.0 Å². The number of nitrogens with zero attached hydrogens (tertiary/aromatic N) is 3. The zero-order chi connectivity index (χ0) is 15.1. The van der Waals surface area contributed by atoms with Crippen molar-refractivity contribution in [3.8, 4) is 6.07 Å². The molecular formula is C15H15N3O3. The molecule has 2 aliphatic rings. The second kappa shape index (κ2) is 4.85. The topological polar surface area (TPSA) is 94.3 Å². The van der Waals surface area contributed by atoms with E-state index in [1.165, 1.54) is 0 Å². The number of pyridine rings is 1. The van der Waals surface area contributed by atoms with Crippen molar-refractivity contribution in [1.82, 2.24) is 9.88 Å². The highest BCUT2D eigenvalue weighted by molar-refractivity contribution is 5.94. The van der Waals surface area contributed by atoms with Crippen LogP contribution >= 0.6 is 0 Å². The molecule has 1 aromatic heterocycles. The highest BCUT2D eigenvalue weighted by atomic mass is 16.4. The summed E-state index contributed by atoms with van der Waals surface area (Å²) in [6.45, 7) is 1.69. The van der Waals surface area contributed by atoms with Crippen molar-refractivity contribution in [2.75, 3.05) is 0 Å². The van der Waals surface area contributed by atoms with E-state index >= 15 is 0 Å². The standard InChI is InChI=1S/C15H15N3O3/c1-8-9(7-16)2-4-12(17-8)14(19)18-10-3-5-13(18)11(6-10)15(20)21/h2,4,10-11,13H,3,5-6H2,1H3,(H,20,21). The van der Waals surface area contributed by atoms with Crippen LogP contribution in [0.5, 0.6) is 0 Å². The van der Waals surface area contributed by atoms with E-state index in [-0.39, 0.29) is 23.7 Å². The first-order valence-corrected chi connectivity index (χ1v) is 6.96. The van der Waals surface area contributed by atoms with E-state index in [0.29, 0.717) is 17.7 Å². The Balaban J connectivity index is 1.88. The molecule has 21 heavy (non-hydrogen) atoms. The van der Waals surface area contributed by atoms with E-state index in [4.69, 9.17) is 5.26 Å². The van der Waals surface area contributed by atoms with Gasteiger partial charge in [0.2, 0.25) is 0 Å². The molecule has 2 fully saturated rings. The number of carbonyl (C=O) groups is 2. The summed E-state index contributed by atoms with van der Waals surface area (Å²) in [5.74, 6) is -1.52. The van der Waals surface area contributed by atoms with E-state index in [9.17, 15) is 14.7 Å². The average molecular weight is 285 g/mol. The van der Waals surface area contributed by atoms with Crippen LogP contribution in [0, 0.1) is 24.2 Å². The van der Waals surface area contributed by atoms with Crippen LogP contribution in [-0.4, -0.2) is 39.0 Å². The van der Waals surface area contributed by atoms with Gasteiger partial charge in [-0.3, -0.25) is 9.59 Å². The van der Waals surface area contributed by atoms with E-state index in [0.717, 1.165) is 12.8 Å². The summed E-state index contributed by atoms with van der Waals surface area (Å²) in [5.41, 5.74) is 1.25. The Kier molecular flexibility index (Phi) is 3.13. The smallest absolute Gasteiger partial charge is 0.308 e. The van der Waals surface area contributed by atoms with Gasteiger partial charge in [-0.15, -0.1) is 0 Å². The number of aryl methyl sites for hydroxylation is 1. The van der Waals surface area contributed by atoms with Gasteiger partial charge in [-0.1, -0.05) is 0 Å². The summed E-state index contributed by atoms with van der Waals surface area (Å²) < 4.78 is 0. The van der Waals surface area contributed by atoms with Crippen LogP contribution in [0.4, 0.5) is 0 Å². The third-order valence-corrected chi connectivity index (χ3v) is 4.51. The fourth-order valence-corrected chi connectivity index (χ4v) is 3.50. The minimum Gasteiger partial charge on any atom is -0.481 e. The molecule has 1 amide bonds. The van der Waals surface area contributed by atoms with E-state index in [1.807, 2.05) is 6.07 Å². The predicted octanol–water partition coefficient (Wildman–Crippen LogP) is 1.34. The molecule has 0 aromatic carbocycles. The maximum absolute atomic E-state index is 12.6. The fourth-order valence-electron chi connectivity index (χ4n) is 3.50. The monoisotopic (exact) mass is 285 g/mol. The van der Waals surface area contributed by atoms with Crippen LogP contribution in [0.2, 0.25) is 0 Å². The number of hydrogen-bond acceptors (Lipinski definition) is 4. The summed E-state index contributed by atoms with van der Waals surface area (Å²) in [4.78, 5) is 29.7. The molecular weight excluding hydrogens is 270 g/mol. The maximum atomic E-state index is 12.6. The summed E-state index contributed by atoms with van der Waals surface area (Å²) in [5, 5.41) is 18.1. The van der Waals surface area contributed by atoms with Gasteiger partial charge < -0.3 is 10.0 Å². The second-order valence-electron chi connectivity index (χ2n) is 5.63. The Morgan fingerprint density at radius 1 is 1.43 bits per heavy atom. The van der Waals surface area contributed by atoms with Crippen molar-refractivity contribution < 1.29 is 14.7 Å². The molecule has 6 nitrogen and oxygen atoms in total. The predicted molar refractivity (Wildman–Crippen MR) is 72.4 cm³/mol. The first-order valence-electron chi connectivity index (χ1n) is 6.96. The number of carboxylic acids is 1. The Hall–Kier alpha value is -2.42. The molecule has 2 saturated heterocycles. The lowest BCUT2D eigenvalue weighted by Gasteiger charge is -2.22. The molecule has 6 heteroatoms. The van der Waals surface area contributed by atoms with Gasteiger partial charge in [0.15, 0.2) is 0 Å². The van der Waals surface area contributed by atoms with Gasteiger partial charge in [0, 0.05) is 12.1 Å². The lowest BCUT2D eigenvalue weighted by Crippen LogP contribution is -2.38. The van der Waals surface area contributed by atoms with Gasteiger partial charge in [0.25, 0.3) is 5.91 Å². The minimum absolute atomic E-state index is 0.00125. The van der Waals surface area contributed by atoms with Crippen molar-refractivity contribution in [3.05, 3.63) is 29.1 Å². The van der Waals surface area contributed by atoms with Crippen LogP contribution in [0.25, 0.3) is 0 Å². The second-order valence-corrected chi connectivity index (χ2v) is 5.63. The molecule has 3 rings (SSSR count). The molecule has 0 saturated carbocycles. The molecule has 108 valence electrons. The molecule has 2 bridgehead atoms. The number of rotatable bonds is 2. The van der Waals surface area contributed by atoms with Crippen molar-refractivity contribution in [2.45, 2.75) is 38.3 Å². The summed E-state index contributed by atoms with van der Waals surface area (Å²) in [7, 11) is 0. The first kappa shape index (κ1) is 13.6. The summed E-state index contributed by atoms with van der Waals surface area (Å²) >= 11 is 0. The molecule has 3 atom stereocenters. The third-order valence-electron chi connectivity index (χ3n) is 4.51. The number of nitriles is 1. The van der Waals surface area contributed by atoms with Crippen LogP contribution < -0.4 is 0 Å². The number of carboxylic acid groups (broad SMARTS) is 1. The molecule has 0 aliphatic carbocycles. The van der Waals surface area contributed by atoms with Crippen LogP contribution in [0.15, 0.2) is 12.1 Å². The number of hydrogen-bond donors (Lipinski definition) is 1. The zero-order valence-electron chi connectivity index (χ0n) is 11.6. The Labute approximate surface area is 122 Å². The quantitative estimate of drug-likeness (QED) is 0.884. The van der Waals surface area contributed by atoms with Crippen LogP contribution in [0.3, 0.4) is 0 Å². The molecule has 1 N–H and O–H groups in total. The molecule has 2 aliphatic heterocycles. The summed E-state index contributed by atoms with van der Waals surface area (Å²) in [6, 6.07) is 4.92. The molecule has 0 radical (unpaired) electrons. The average Bonchev–Trinajstić information content (AvgIpc) is 3.04. The van der Waals surface area contributed by atoms with Crippen molar-refractivity contribution in [1.29, 1.82) is 5.26 Å². The van der Waals surface area contributed by atoms with Gasteiger partial charge in [-0.25, -0.2) is 4.98 Å². The normalized spacial score (nSPS) is 26.7. The van der Waals surface area contributed by atoms with Gasteiger partial charge in [-0.05, 0) is 38.3 Å². The molecule has 3 unspecified atom stereocenters. The third kappa shape index (κ3) is 2.05. The van der Waals surface area contributed by atoms with E-state index < -0.39 is 11.9 Å². The van der Waals surface area contributed by atoms with Crippen LogP contribution in [-0.2, 0) is 4.79 Å². The largest absolute Gasteiger partial charge is 0.481 e. The van der Waals surface area contributed by atoms with E-state index in [1.54, 1.807) is 24.0 Å². The molecule has 1 aromatic rings. The summed E-state index contributed by atoms with van der Waals surface area (Å²) in [6.07, 6.45) is 2.12. The van der Waals surface area contributed by atoms with Gasteiger partial charge >= 0.3 is 5.97 Å². The number of amides is 1. The molecule has 3 heterocycles. The lowest BCUT2D eigenvalue weighted by molar-refractivity contribution is -0.142. The Morgan fingerprint density at radius 3 is 2.76 bits per heavy atom.